The molecule has 4 nitrogen and oxygen atoms in total. The number of thioether (sulfide) groups is 1. The van der Waals surface area contributed by atoms with Crippen molar-refractivity contribution in [3.05, 3.63) is 59.9 Å². The zero-order valence-corrected chi connectivity index (χ0v) is 17.3. The molecule has 0 fully saturated rings. The van der Waals surface area contributed by atoms with Crippen molar-refractivity contribution < 1.29 is 0 Å². The lowest BCUT2D eigenvalue weighted by atomic mass is 10.1. The van der Waals surface area contributed by atoms with Crippen molar-refractivity contribution in [2.24, 2.45) is 0 Å². The second-order valence-electron chi connectivity index (χ2n) is 6.44. The third-order valence-electron chi connectivity index (χ3n) is 4.34. The summed E-state index contributed by atoms with van der Waals surface area (Å²) in [7, 11) is 0. The molecule has 6 heteroatoms. The van der Waals surface area contributed by atoms with Gasteiger partial charge in [0.1, 0.15) is 5.65 Å². The van der Waals surface area contributed by atoms with Crippen molar-refractivity contribution in [1.29, 1.82) is 0 Å². The molecular weight excluding hydrogens is 372 g/mol. The van der Waals surface area contributed by atoms with Crippen molar-refractivity contribution in [2.45, 2.75) is 36.8 Å². The van der Waals surface area contributed by atoms with Crippen LogP contribution in [0.5, 0.6) is 0 Å². The Bertz CT molecular complexity index is 861. The number of hydrogen-bond acceptors (Lipinski definition) is 3. The van der Waals surface area contributed by atoms with Crippen LogP contribution in [0.3, 0.4) is 0 Å². The minimum Gasteiger partial charge on any atom is -0.363 e. The zero-order chi connectivity index (χ0) is 18.9. The minimum atomic E-state index is 0.737. The summed E-state index contributed by atoms with van der Waals surface area (Å²) >= 11 is 7.13. The van der Waals surface area contributed by atoms with E-state index in [1.807, 2.05) is 24.0 Å². The van der Waals surface area contributed by atoms with E-state index >= 15 is 0 Å². The maximum absolute atomic E-state index is 5.31. The first kappa shape index (κ1) is 19.7. The number of H-pyrrole nitrogens is 1. The molecule has 3 aromatic rings. The smallest absolute Gasteiger partial charge is 0.166 e. The van der Waals surface area contributed by atoms with Crippen LogP contribution in [0.25, 0.3) is 11.0 Å². The second-order valence-corrected chi connectivity index (χ2v) is 7.90. The van der Waals surface area contributed by atoms with Gasteiger partial charge in [0, 0.05) is 41.5 Å². The highest BCUT2D eigenvalue weighted by Crippen LogP contribution is 2.26. The molecule has 3 rings (SSSR count). The lowest BCUT2D eigenvalue weighted by Gasteiger charge is -2.09. The molecule has 0 amide bonds. The fourth-order valence-electron chi connectivity index (χ4n) is 2.82. The Morgan fingerprint density at radius 1 is 1.19 bits per heavy atom. The molecule has 0 bridgehead atoms. The molecule has 1 aromatic carbocycles. The predicted octanol–water partition coefficient (Wildman–Crippen LogP) is 4.66. The number of benzene rings is 1. The van der Waals surface area contributed by atoms with Crippen LogP contribution in [-0.4, -0.2) is 28.2 Å². The van der Waals surface area contributed by atoms with Crippen molar-refractivity contribution in [3.63, 3.8) is 0 Å². The molecule has 0 unspecified atom stereocenters. The molecule has 0 spiro atoms. The van der Waals surface area contributed by atoms with E-state index in [2.05, 4.69) is 64.1 Å². The fourth-order valence-corrected chi connectivity index (χ4v) is 3.88. The number of hydrogen-bond donors (Lipinski definition) is 3. The number of fused-ring (bicyclic) bond motifs is 1. The highest BCUT2D eigenvalue weighted by Gasteiger charge is 2.07. The van der Waals surface area contributed by atoms with Gasteiger partial charge in [-0.05, 0) is 42.3 Å². The molecule has 0 aliphatic carbocycles. The van der Waals surface area contributed by atoms with E-state index < -0.39 is 0 Å². The van der Waals surface area contributed by atoms with Gasteiger partial charge < -0.3 is 15.6 Å². The van der Waals surface area contributed by atoms with E-state index in [9.17, 15) is 0 Å². The molecule has 0 saturated heterocycles. The summed E-state index contributed by atoms with van der Waals surface area (Å²) in [5, 5.41) is 8.46. The Balaban J connectivity index is 1.55. The Morgan fingerprint density at radius 2 is 2.00 bits per heavy atom. The van der Waals surface area contributed by atoms with E-state index in [1.165, 1.54) is 27.8 Å². The van der Waals surface area contributed by atoms with Gasteiger partial charge in [-0.1, -0.05) is 43.7 Å². The number of rotatable bonds is 9. The van der Waals surface area contributed by atoms with Crippen LogP contribution in [0.15, 0.2) is 53.7 Å². The predicted molar refractivity (Wildman–Crippen MR) is 119 cm³/mol. The number of nitrogens with one attached hydrogen (secondary N) is 3. The maximum atomic E-state index is 5.31. The first-order chi connectivity index (χ1) is 13.3. The molecule has 142 valence electrons. The number of thiocarbonyl (C=S) groups is 1. The molecule has 0 aliphatic heterocycles. The molecule has 0 aliphatic rings. The average molecular weight is 399 g/mol. The van der Waals surface area contributed by atoms with Gasteiger partial charge in [-0.25, -0.2) is 4.98 Å². The van der Waals surface area contributed by atoms with Gasteiger partial charge in [-0.15, -0.1) is 11.8 Å². The normalized spacial score (nSPS) is 10.9. The topological polar surface area (TPSA) is 52.7 Å². The molecule has 0 saturated carbocycles. The summed E-state index contributed by atoms with van der Waals surface area (Å²) in [6.07, 6.45) is 7.21. The largest absolute Gasteiger partial charge is 0.363 e. The fraction of sp³-hybridized carbons (Fsp3) is 0.333. The highest BCUT2D eigenvalue weighted by atomic mass is 32.2. The molecule has 3 N–H and O–H groups in total. The van der Waals surface area contributed by atoms with Gasteiger partial charge in [0.05, 0.1) is 0 Å². The molecule has 2 aromatic heterocycles. The average Bonchev–Trinajstić information content (AvgIpc) is 3.10. The van der Waals surface area contributed by atoms with Crippen LogP contribution >= 0.6 is 24.0 Å². The van der Waals surface area contributed by atoms with Gasteiger partial charge >= 0.3 is 0 Å². The molecular formula is C21H26N4S2. The van der Waals surface area contributed by atoms with E-state index in [-0.39, 0.29) is 0 Å². The SMILES string of the molecule is CCCCNC(=S)NCCc1c[nH]c2ncc(SCc3ccccc3)cc12. The van der Waals surface area contributed by atoms with Gasteiger partial charge in [-0.2, -0.15) is 0 Å². The summed E-state index contributed by atoms with van der Waals surface area (Å²) in [6, 6.07) is 12.8. The minimum absolute atomic E-state index is 0.737. The van der Waals surface area contributed by atoms with Crippen LogP contribution in [0.4, 0.5) is 0 Å². The quantitative estimate of drug-likeness (QED) is 0.278. The van der Waals surface area contributed by atoms with Crippen molar-refractivity contribution >= 4 is 40.1 Å². The van der Waals surface area contributed by atoms with Crippen molar-refractivity contribution in [1.82, 2.24) is 20.6 Å². The Kier molecular flexibility index (Phi) is 7.54. The molecule has 0 radical (unpaired) electrons. The first-order valence-corrected chi connectivity index (χ1v) is 10.8. The monoisotopic (exact) mass is 398 g/mol. The van der Waals surface area contributed by atoms with Gasteiger partial charge in [0.25, 0.3) is 0 Å². The number of nitrogens with zero attached hydrogens (tertiary/aromatic N) is 1. The third-order valence-corrected chi connectivity index (χ3v) is 5.66. The first-order valence-electron chi connectivity index (χ1n) is 9.40. The Morgan fingerprint density at radius 3 is 2.81 bits per heavy atom. The van der Waals surface area contributed by atoms with Crippen LogP contribution in [0, 0.1) is 0 Å². The lowest BCUT2D eigenvalue weighted by molar-refractivity contribution is 0.737. The summed E-state index contributed by atoms with van der Waals surface area (Å²) in [4.78, 5) is 9.04. The number of pyridine rings is 1. The van der Waals surface area contributed by atoms with Crippen LogP contribution in [-0.2, 0) is 12.2 Å². The van der Waals surface area contributed by atoms with E-state index in [1.54, 1.807) is 0 Å². The number of aromatic nitrogens is 2. The van der Waals surface area contributed by atoms with Crippen molar-refractivity contribution in [2.75, 3.05) is 13.1 Å². The van der Waals surface area contributed by atoms with Crippen molar-refractivity contribution in [3.8, 4) is 0 Å². The van der Waals surface area contributed by atoms with Crippen LogP contribution < -0.4 is 10.6 Å². The van der Waals surface area contributed by atoms with E-state index in [0.29, 0.717) is 0 Å². The maximum Gasteiger partial charge on any atom is 0.166 e. The Hall–Kier alpha value is -2.05. The summed E-state index contributed by atoms with van der Waals surface area (Å²) < 4.78 is 0. The lowest BCUT2D eigenvalue weighted by Crippen LogP contribution is -2.36. The zero-order valence-electron chi connectivity index (χ0n) is 15.6. The summed E-state index contributed by atoms with van der Waals surface area (Å²) in [5.41, 5.74) is 3.53. The Labute approximate surface area is 170 Å². The summed E-state index contributed by atoms with van der Waals surface area (Å²) in [6.45, 7) is 3.92. The molecule has 27 heavy (non-hydrogen) atoms. The van der Waals surface area contributed by atoms with Gasteiger partial charge in [0.15, 0.2) is 5.11 Å². The van der Waals surface area contributed by atoms with Gasteiger partial charge in [-0.3, -0.25) is 0 Å². The van der Waals surface area contributed by atoms with Crippen LogP contribution in [0.1, 0.15) is 30.9 Å². The number of aromatic amines is 1. The van der Waals surface area contributed by atoms with E-state index in [0.717, 1.165) is 42.4 Å². The standard InChI is InChI=1S/C21H26N4S2/c1-2-3-10-22-21(26)23-11-9-17-13-24-20-19(17)12-18(14-25-20)27-15-16-7-5-4-6-8-16/h4-8,12-14H,2-3,9-11,15H2,1H3,(H,24,25)(H2,22,23,26). The molecule has 0 atom stereocenters. The van der Waals surface area contributed by atoms with Crippen LogP contribution in [0.2, 0.25) is 0 Å². The summed E-state index contributed by atoms with van der Waals surface area (Å²) in [5.74, 6) is 0.951. The van der Waals surface area contributed by atoms with Gasteiger partial charge in [0.2, 0.25) is 0 Å². The second kappa shape index (κ2) is 10.3. The highest BCUT2D eigenvalue weighted by molar-refractivity contribution is 7.98. The molecule has 2 heterocycles. The number of unbranched alkanes of at least 4 members (excludes halogenated alkanes) is 1. The van der Waals surface area contributed by atoms with E-state index in [4.69, 9.17) is 12.2 Å². The third kappa shape index (κ3) is 5.97.